The molecule has 3 aromatic rings. The summed E-state index contributed by atoms with van der Waals surface area (Å²) in [7, 11) is 0. The molecule has 2 aliphatic rings. The fraction of sp³-hybridized carbons (Fsp3) is 0.367. The number of aliphatic hydroxyl groups excluding tert-OH is 1. The highest BCUT2D eigenvalue weighted by Crippen LogP contribution is 2.38. The molecule has 5 rings (SSSR count). The van der Waals surface area contributed by atoms with Crippen LogP contribution in [0.2, 0.25) is 0 Å². The molecule has 0 spiro atoms. The van der Waals surface area contributed by atoms with E-state index in [-0.39, 0.29) is 25.4 Å². The Hall–Kier alpha value is -3.42. The molecule has 7 nitrogen and oxygen atoms in total. The number of halogens is 5. The predicted octanol–water partition coefficient (Wildman–Crippen LogP) is 4.68. The molecule has 3 atom stereocenters. The van der Waals surface area contributed by atoms with Gasteiger partial charge >= 0.3 is 0 Å². The third kappa shape index (κ3) is 6.63. The van der Waals surface area contributed by atoms with Crippen LogP contribution in [0.4, 0.5) is 22.0 Å². The van der Waals surface area contributed by atoms with Gasteiger partial charge in [-0.25, -0.2) is 22.0 Å². The van der Waals surface area contributed by atoms with Crippen LogP contribution < -0.4 is 5.32 Å². The Bertz CT molecular complexity index is 1370. The number of carbonyl (C=O) groups excluding carboxylic acids is 1. The molecule has 3 unspecified atom stereocenters. The summed E-state index contributed by atoms with van der Waals surface area (Å²) in [6.45, 7) is 3.30. The number of benzene rings is 3. The molecule has 2 fully saturated rings. The van der Waals surface area contributed by atoms with Crippen LogP contribution in [0, 0.1) is 29.1 Å². The van der Waals surface area contributed by atoms with Crippen LogP contribution in [0.15, 0.2) is 48.5 Å². The van der Waals surface area contributed by atoms with Gasteiger partial charge in [-0.1, -0.05) is 48.5 Å². The van der Waals surface area contributed by atoms with E-state index in [0.717, 1.165) is 24.2 Å². The van der Waals surface area contributed by atoms with Gasteiger partial charge in [0, 0.05) is 38.2 Å². The second-order valence-corrected chi connectivity index (χ2v) is 10.1. The van der Waals surface area contributed by atoms with E-state index in [1.807, 2.05) is 24.3 Å². The van der Waals surface area contributed by atoms with E-state index in [9.17, 15) is 31.9 Å². The summed E-state index contributed by atoms with van der Waals surface area (Å²) in [6.07, 6.45) is -0.523. The molecule has 2 heterocycles. The Labute approximate surface area is 238 Å². The minimum atomic E-state index is -2.33. The Kier molecular flexibility index (Phi) is 9.49. The Balaban J connectivity index is 1.28. The molecular weight excluding hydrogens is 563 g/mol. The van der Waals surface area contributed by atoms with Gasteiger partial charge in [0.15, 0.2) is 29.6 Å². The van der Waals surface area contributed by atoms with Gasteiger partial charge in [-0.3, -0.25) is 9.69 Å². The third-order valence-corrected chi connectivity index (χ3v) is 7.32. The molecule has 2 saturated heterocycles. The summed E-state index contributed by atoms with van der Waals surface area (Å²) in [6, 6.07) is 14.2. The van der Waals surface area contributed by atoms with Gasteiger partial charge in [0.1, 0.15) is 5.56 Å². The molecule has 0 bridgehead atoms. The molecule has 0 saturated carbocycles. The van der Waals surface area contributed by atoms with Crippen molar-refractivity contribution in [2.24, 2.45) is 0 Å². The SMILES string of the molecule is O=C(NCc1ccc(C2OC(CN3CCOCC3)CC(c3ccc(CO)cc3)O2)cc1)c1c(F)c(F)c(F)c(F)c1F. The number of hydrogen-bond acceptors (Lipinski definition) is 6. The van der Waals surface area contributed by atoms with Crippen LogP contribution in [0.3, 0.4) is 0 Å². The van der Waals surface area contributed by atoms with E-state index in [1.165, 1.54) is 0 Å². The lowest BCUT2D eigenvalue weighted by molar-refractivity contribution is -0.253. The lowest BCUT2D eigenvalue weighted by Gasteiger charge is -2.39. The number of rotatable bonds is 8. The zero-order valence-corrected chi connectivity index (χ0v) is 22.4. The van der Waals surface area contributed by atoms with E-state index >= 15 is 0 Å². The number of nitrogens with one attached hydrogen (secondary N) is 1. The Morgan fingerprint density at radius 3 is 2.00 bits per heavy atom. The van der Waals surface area contributed by atoms with Crippen molar-refractivity contribution < 1.29 is 46.1 Å². The first-order valence-corrected chi connectivity index (χ1v) is 13.4. The first kappa shape index (κ1) is 30.1. The molecule has 12 heteroatoms. The molecule has 42 heavy (non-hydrogen) atoms. The molecule has 0 radical (unpaired) electrons. The number of morpholine rings is 1. The van der Waals surface area contributed by atoms with Crippen molar-refractivity contribution in [2.75, 3.05) is 32.8 Å². The number of aliphatic hydroxyl groups is 1. The van der Waals surface area contributed by atoms with E-state index in [4.69, 9.17) is 14.2 Å². The average Bonchev–Trinajstić information content (AvgIpc) is 3.02. The standard InChI is InChI=1S/C30H29F5N2O5/c31-24-23(25(32)27(34)28(35)26(24)33)29(39)36-14-17-1-7-20(8-2-17)30-41-21(15-37-9-11-40-12-10-37)13-22(42-30)19-5-3-18(16-38)4-6-19/h1-8,21-22,30,38H,9-16H2,(H,36,39). The van der Waals surface area contributed by atoms with Crippen LogP contribution in [0.25, 0.3) is 0 Å². The van der Waals surface area contributed by atoms with Crippen LogP contribution in [0.1, 0.15) is 51.4 Å². The topological polar surface area (TPSA) is 80.3 Å². The first-order chi connectivity index (χ1) is 20.2. The van der Waals surface area contributed by atoms with Crippen LogP contribution in [-0.4, -0.2) is 54.9 Å². The van der Waals surface area contributed by atoms with E-state index in [0.29, 0.717) is 37.3 Å². The molecule has 2 N–H and O–H groups in total. The lowest BCUT2D eigenvalue weighted by Crippen LogP contribution is -2.44. The zero-order chi connectivity index (χ0) is 29.8. The van der Waals surface area contributed by atoms with Gasteiger partial charge in [-0.2, -0.15) is 0 Å². The summed E-state index contributed by atoms with van der Waals surface area (Å²) in [5.74, 6) is -12.5. The number of carbonyl (C=O) groups is 1. The number of hydrogen-bond donors (Lipinski definition) is 2. The maximum Gasteiger partial charge on any atom is 0.257 e. The van der Waals surface area contributed by atoms with Crippen molar-refractivity contribution in [3.63, 3.8) is 0 Å². The maximum absolute atomic E-state index is 14.0. The minimum Gasteiger partial charge on any atom is -0.392 e. The average molecular weight is 593 g/mol. The smallest absolute Gasteiger partial charge is 0.257 e. The number of ether oxygens (including phenoxy) is 3. The number of nitrogens with zero attached hydrogens (tertiary/aromatic N) is 1. The largest absolute Gasteiger partial charge is 0.392 e. The molecule has 1 amide bonds. The van der Waals surface area contributed by atoms with Gasteiger partial charge in [-0.05, 0) is 16.7 Å². The number of amides is 1. The van der Waals surface area contributed by atoms with Gasteiger partial charge < -0.3 is 24.6 Å². The summed E-state index contributed by atoms with van der Waals surface area (Å²) in [4.78, 5) is 14.6. The van der Waals surface area contributed by atoms with Gasteiger partial charge in [0.25, 0.3) is 5.91 Å². The zero-order valence-electron chi connectivity index (χ0n) is 22.4. The highest BCUT2D eigenvalue weighted by Gasteiger charge is 2.34. The summed E-state index contributed by atoms with van der Waals surface area (Å²) < 4.78 is 86.3. The van der Waals surface area contributed by atoms with Gasteiger partial charge in [0.2, 0.25) is 5.82 Å². The van der Waals surface area contributed by atoms with Crippen LogP contribution >= 0.6 is 0 Å². The van der Waals surface area contributed by atoms with E-state index in [1.54, 1.807) is 24.3 Å². The van der Waals surface area contributed by atoms with E-state index in [2.05, 4.69) is 10.2 Å². The molecule has 0 aromatic heterocycles. The third-order valence-electron chi connectivity index (χ3n) is 7.32. The molecule has 224 valence electrons. The maximum atomic E-state index is 14.0. The van der Waals surface area contributed by atoms with Crippen molar-refractivity contribution >= 4 is 5.91 Å². The van der Waals surface area contributed by atoms with Crippen LogP contribution in [-0.2, 0) is 27.4 Å². The highest BCUT2D eigenvalue weighted by molar-refractivity contribution is 5.94. The van der Waals surface area contributed by atoms with Gasteiger partial charge in [0.05, 0.1) is 32.0 Å². The van der Waals surface area contributed by atoms with Crippen molar-refractivity contribution in [2.45, 2.75) is 38.1 Å². The van der Waals surface area contributed by atoms with Gasteiger partial charge in [-0.15, -0.1) is 0 Å². The summed E-state index contributed by atoms with van der Waals surface area (Å²) >= 11 is 0. The second-order valence-electron chi connectivity index (χ2n) is 10.1. The molecular formula is C30H29F5N2O5. The van der Waals surface area contributed by atoms with Crippen molar-refractivity contribution in [3.05, 3.63) is 105 Å². The molecule has 0 aliphatic carbocycles. The monoisotopic (exact) mass is 592 g/mol. The summed E-state index contributed by atoms with van der Waals surface area (Å²) in [5, 5.41) is 11.6. The second kappa shape index (κ2) is 13.3. The molecule has 2 aliphatic heterocycles. The molecule has 3 aromatic carbocycles. The lowest BCUT2D eigenvalue weighted by atomic mass is 9.99. The summed E-state index contributed by atoms with van der Waals surface area (Å²) in [5.41, 5.74) is 1.38. The minimum absolute atomic E-state index is 0.0639. The Morgan fingerprint density at radius 1 is 0.810 bits per heavy atom. The highest BCUT2D eigenvalue weighted by atomic mass is 19.2. The quantitative estimate of drug-likeness (QED) is 0.225. The normalized spacial score (nSPS) is 21.3. The first-order valence-electron chi connectivity index (χ1n) is 13.4. The fourth-order valence-corrected chi connectivity index (χ4v) is 4.97. The Morgan fingerprint density at radius 2 is 1.38 bits per heavy atom. The van der Waals surface area contributed by atoms with Crippen molar-refractivity contribution in [1.82, 2.24) is 10.2 Å². The van der Waals surface area contributed by atoms with Crippen molar-refractivity contribution in [3.8, 4) is 0 Å². The fourth-order valence-electron chi connectivity index (χ4n) is 4.97. The predicted molar refractivity (Wildman–Crippen MR) is 140 cm³/mol. The van der Waals surface area contributed by atoms with E-state index < -0.39 is 46.8 Å². The van der Waals surface area contributed by atoms with Crippen LogP contribution in [0.5, 0.6) is 0 Å². The van der Waals surface area contributed by atoms with Crippen molar-refractivity contribution in [1.29, 1.82) is 0 Å².